The van der Waals surface area contributed by atoms with Gasteiger partial charge in [-0.15, -0.1) is 0 Å². The fourth-order valence-corrected chi connectivity index (χ4v) is 2.73. The van der Waals surface area contributed by atoms with Crippen LogP contribution in [0.2, 0.25) is 0 Å². The van der Waals surface area contributed by atoms with Crippen LogP contribution in [0.4, 0.5) is 0 Å². The fraction of sp³-hybridized carbons (Fsp3) is 0.500. The Kier molecular flexibility index (Phi) is 4.59. The summed E-state index contributed by atoms with van der Waals surface area (Å²) in [5.41, 5.74) is -0.480. The van der Waals surface area contributed by atoms with Crippen molar-refractivity contribution in [1.29, 1.82) is 0 Å². The molecule has 1 amide bonds. The second-order valence-corrected chi connectivity index (χ2v) is 5.76. The van der Waals surface area contributed by atoms with Gasteiger partial charge in [-0.3, -0.25) is 9.59 Å². The molecule has 1 N–H and O–H groups in total. The normalized spacial score (nSPS) is 21.3. The first-order chi connectivity index (χ1) is 10.4. The van der Waals surface area contributed by atoms with E-state index in [0.717, 1.165) is 0 Å². The van der Waals surface area contributed by atoms with E-state index in [1.54, 1.807) is 37.1 Å². The van der Waals surface area contributed by atoms with Gasteiger partial charge in [-0.1, -0.05) is 0 Å². The van der Waals surface area contributed by atoms with Crippen LogP contribution in [0.3, 0.4) is 0 Å². The van der Waals surface area contributed by atoms with Crippen LogP contribution >= 0.6 is 0 Å². The Morgan fingerprint density at radius 2 is 2.00 bits per heavy atom. The summed E-state index contributed by atoms with van der Waals surface area (Å²) in [6.45, 7) is 2.44. The predicted octanol–water partition coefficient (Wildman–Crippen LogP) is 2.03. The van der Waals surface area contributed by atoms with E-state index < -0.39 is 11.4 Å². The van der Waals surface area contributed by atoms with Crippen molar-refractivity contribution >= 4 is 11.9 Å². The number of amides is 1. The van der Waals surface area contributed by atoms with Crippen molar-refractivity contribution in [3.05, 3.63) is 23.8 Å². The molecule has 1 aromatic rings. The highest BCUT2D eigenvalue weighted by Crippen LogP contribution is 2.32. The van der Waals surface area contributed by atoms with Gasteiger partial charge >= 0.3 is 5.97 Å². The van der Waals surface area contributed by atoms with Gasteiger partial charge in [0.25, 0.3) is 5.91 Å². The largest absolute Gasteiger partial charge is 0.497 e. The summed E-state index contributed by atoms with van der Waals surface area (Å²) in [7, 11) is 3.03. The molecule has 1 saturated heterocycles. The van der Waals surface area contributed by atoms with Gasteiger partial charge in [0.05, 0.1) is 25.2 Å². The quantitative estimate of drug-likeness (QED) is 0.921. The number of methoxy groups -OCH3 is 2. The summed E-state index contributed by atoms with van der Waals surface area (Å²) in [5, 5.41) is 9.36. The van der Waals surface area contributed by atoms with Gasteiger partial charge in [-0.2, -0.15) is 0 Å². The van der Waals surface area contributed by atoms with E-state index in [1.807, 2.05) is 0 Å². The summed E-state index contributed by atoms with van der Waals surface area (Å²) in [6.07, 6.45) is 1.25. The highest BCUT2D eigenvalue weighted by atomic mass is 16.5. The van der Waals surface area contributed by atoms with E-state index >= 15 is 0 Å². The van der Waals surface area contributed by atoms with Crippen LogP contribution < -0.4 is 9.47 Å². The van der Waals surface area contributed by atoms with Gasteiger partial charge in [0, 0.05) is 19.2 Å². The van der Waals surface area contributed by atoms with E-state index in [-0.39, 0.29) is 12.5 Å². The highest BCUT2D eigenvalue weighted by molar-refractivity contribution is 5.97. The molecule has 0 bridgehead atoms. The van der Waals surface area contributed by atoms with Crippen molar-refractivity contribution in [3.63, 3.8) is 0 Å². The van der Waals surface area contributed by atoms with Crippen LogP contribution in [0.15, 0.2) is 18.2 Å². The molecule has 1 aliphatic heterocycles. The molecule has 0 saturated carbocycles. The fourth-order valence-electron chi connectivity index (χ4n) is 2.73. The molecule has 1 unspecified atom stereocenters. The van der Waals surface area contributed by atoms with Gasteiger partial charge in [0.15, 0.2) is 0 Å². The number of carbonyl (C=O) groups is 2. The Labute approximate surface area is 129 Å². The minimum Gasteiger partial charge on any atom is -0.497 e. The summed E-state index contributed by atoms with van der Waals surface area (Å²) in [4.78, 5) is 25.7. The van der Waals surface area contributed by atoms with Crippen LogP contribution in [0, 0.1) is 5.41 Å². The number of nitrogens with zero attached hydrogens (tertiary/aromatic N) is 1. The average Bonchev–Trinajstić information content (AvgIpc) is 2.53. The number of piperidine rings is 1. The Bertz CT molecular complexity index is 586. The molecule has 2 rings (SSSR count). The number of hydrogen-bond donors (Lipinski definition) is 1. The van der Waals surface area contributed by atoms with E-state index in [0.29, 0.717) is 36.4 Å². The number of carboxylic acids is 1. The lowest BCUT2D eigenvalue weighted by Crippen LogP contribution is -2.48. The molecule has 22 heavy (non-hydrogen) atoms. The molecule has 0 aliphatic carbocycles. The van der Waals surface area contributed by atoms with E-state index in [4.69, 9.17) is 9.47 Å². The van der Waals surface area contributed by atoms with Gasteiger partial charge in [-0.05, 0) is 31.9 Å². The molecule has 120 valence electrons. The van der Waals surface area contributed by atoms with Crippen LogP contribution in [0.25, 0.3) is 0 Å². The molecule has 1 aliphatic rings. The maximum Gasteiger partial charge on any atom is 0.311 e. The van der Waals surface area contributed by atoms with Crippen molar-refractivity contribution in [2.45, 2.75) is 19.8 Å². The molecule has 6 nitrogen and oxygen atoms in total. The van der Waals surface area contributed by atoms with Gasteiger partial charge < -0.3 is 19.5 Å². The number of hydrogen-bond acceptors (Lipinski definition) is 4. The Hall–Kier alpha value is -2.24. The van der Waals surface area contributed by atoms with Crippen molar-refractivity contribution in [2.75, 3.05) is 27.3 Å². The predicted molar refractivity (Wildman–Crippen MR) is 80.4 cm³/mol. The maximum absolute atomic E-state index is 12.7. The molecule has 0 radical (unpaired) electrons. The maximum atomic E-state index is 12.7. The highest BCUT2D eigenvalue weighted by Gasteiger charge is 2.39. The summed E-state index contributed by atoms with van der Waals surface area (Å²) in [5.74, 6) is -0.0623. The monoisotopic (exact) mass is 307 g/mol. The number of rotatable bonds is 4. The third kappa shape index (κ3) is 3.00. The Balaban J connectivity index is 2.26. The summed E-state index contributed by atoms with van der Waals surface area (Å²) in [6, 6.07) is 4.98. The molecular weight excluding hydrogens is 286 g/mol. The Morgan fingerprint density at radius 1 is 1.27 bits per heavy atom. The molecule has 1 atom stereocenters. The number of aliphatic carboxylic acids is 1. The Morgan fingerprint density at radius 3 is 2.59 bits per heavy atom. The second-order valence-electron chi connectivity index (χ2n) is 5.76. The number of carbonyl (C=O) groups excluding carboxylic acids is 1. The molecule has 1 heterocycles. The number of likely N-dealkylation sites (tertiary alicyclic amines) is 1. The molecule has 0 aromatic heterocycles. The lowest BCUT2D eigenvalue weighted by atomic mass is 9.82. The van der Waals surface area contributed by atoms with Crippen molar-refractivity contribution < 1.29 is 24.2 Å². The number of carboxylic acid groups (broad SMARTS) is 1. The first kappa shape index (κ1) is 16.1. The van der Waals surface area contributed by atoms with E-state index in [9.17, 15) is 14.7 Å². The standard InChI is InChI=1S/C16H21NO5/c1-16(15(19)20)7-4-8-17(10-16)14(18)12-6-5-11(21-2)9-13(12)22-3/h5-6,9H,4,7-8,10H2,1-3H3,(H,19,20). The van der Waals surface area contributed by atoms with Crippen molar-refractivity contribution in [1.82, 2.24) is 4.90 Å². The number of benzene rings is 1. The number of ether oxygens (including phenoxy) is 2. The molecule has 1 fully saturated rings. The van der Waals surface area contributed by atoms with Crippen LogP contribution in [0.1, 0.15) is 30.1 Å². The van der Waals surface area contributed by atoms with Crippen LogP contribution in [-0.2, 0) is 4.79 Å². The lowest BCUT2D eigenvalue weighted by molar-refractivity contribution is -0.150. The topological polar surface area (TPSA) is 76.1 Å². The second kappa shape index (κ2) is 6.25. The molecular formula is C16H21NO5. The zero-order chi connectivity index (χ0) is 16.3. The third-order valence-corrected chi connectivity index (χ3v) is 4.14. The van der Waals surface area contributed by atoms with Crippen molar-refractivity contribution in [2.24, 2.45) is 5.41 Å². The van der Waals surface area contributed by atoms with Crippen LogP contribution in [-0.4, -0.2) is 49.2 Å². The van der Waals surface area contributed by atoms with Crippen LogP contribution in [0.5, 0.6) is 11.5 Å². The summed E-state index contributed by atoms with van der Waals surface area (Å²) < 4.78 is 10.4. The molecule has 6 heteroatoms. The van der Waals surface area contributed by atoms with Gasteiger partial charge in [0.1, 0.15) is 11.5 Å². The zero-order valence-electron chi connectivity index (χ0n) is 13.1. The smallest absolute Gasteiger partial charge is 0.311 e. The summed E-state index contributed by atoms with van der Waals surface area (Å²) >= 11 is 0. The first-order valence-corrected chi connectivity index (χ1v) is 7.16. The lowest BCUT2D eigenvalue weighted by Gasteiger charge is -2.37. The minimum atomic E-state index is -0.895. The molecule has 1 aromatic carbocycles. The van der Waals surface area contributed by atoms with E-state index in [1.165, 1.54) is 7.11 Å². The average molecular weight is 307 g/mol. The van der Waals surface area contributed by atoms with Gasteiger partial charge in [0.2, 0.25) is 0 Å². The van der Waals surface area contributed by atoms with E-state index in [2.05, 4.69) is 0 Å². The SMILES string of the molecule is COc1ccc(C(=O)N2CCCC(C)(C(=O)O)C2)c(OC)c1. The third-order valence-electron chi connectivity index (χ3n) is 4.14. The zero-order valence-corrected chi connectivity index (χ0v) is 13.1. The van der Waals surface area contributed by atoms with Crippen molar-refractivity contribution in [3.8, 4) is 11.5 Å². The van der Waals surface area contributed by atoms with Gasteiger partial charge in [-0.25, -0.2) is 0 Å². The molecule has 0 spiro atoms. The first-order valence-electron chi connectivity index (χ1n) is 7.16. The minimum absolute atomic E-state index is 0.205.